The summed E-state index contributed by atoms with van der Waals surface area (Å²) in [5.74, 6) is 0. The second-order valence-corrected chi connectivity index (χ2v) is 8.83. The normalized spacial score (nSPS) is 11.7. The third-order valence-electron chi connectivity index (χ3n) is 3.15. The molecular formula is C16H18O3Si2. The Morgan fingerprint density at radius 3 is 1.86 bits per heavy atom. The van der Waals surface area contributed by atoms with E-state index in [1.807, 2.05) is 48.5 Å². The minimum atomic E-state index is -3.94. The lowest BCUT2D eigenvalue weighted by molar-refractivity contribution is 0.270. The molecule has 21 heavy (non-hydrogen) atoms. The molecule has 0 fully saturated rings. The van der Waals surface area contributed by atoms with E-state index in [4.69, 9.17) is 4.12 Å². The molecule has 0 saturated carbocycles. The molecule has 0 spiro atoms. The van der Waals surface area contributed by atoms with Gasteiger partial charge < -0.3 is 13.7 Å². The molecule has 2 N–H and O–H groups in total. The molecule has 2 aromatic carbocycles. The number of hydrogen-bond donors (Lipinski definition) is 2. The fraction of sp³-hybridized carbons (Fsp3) is 0. The van der Waals surface area contributed by atoms with Gasteiger partial charge in [0.15, 0.2) is 9.76 Å². The number of benzene rings is 2. The minimum Gasteiger partial charge on any atom is -0.414 e. The van der Waals surface area contributed by atoms with Gasteiger partial charge in [-0.25, -0.2) is 0 Å². The zero-order valence-electron chi connectivity index (χ0n) is 11.7. The maximum absolute atomic E-state index is 10.2. The van der Waals surface area contributed by atoms with Gasteiger partial charge in [0, 0.05) is 5.20 Å². The second-order valence-electron chi connectivity index (χ2n) is 4.71. The highest BCUT2D eigenvalue weighted by Crippen LogP contribution is 2.21. The molecule has 0 bridgehead atoms. The standard InChI is InChI=1S/C16H18O3Si2/c1-13(15-9-5-3-6-10-15)20-19-21(17,18)14(2)16-11-7-4-8-12-16/h3-12,17-18H,1-2,20H2. The molecule has 108 valence electrons. The maximum Gasteiger partial charge on any atom is 0.521 e. The van der Waals surface area contributed by atoms with Gasteiger partial charge in [-0.05, 0) is 16.3 Å². The average Bonchev–Trinajstić information content (AvgIpc) is 2.53. The van der Waals surface area contributed by atoms with Crippen LogP contribution < -0.4 is 0 Å². The lowest BCUT2D eigenvalue weighted by Crippen LogP contribution is -2.42. The number of rotatable bonds is 6. The Hall–Kier alpha value is -1.77. The van der Waals surface area contributed by atoms with Crippen molar-refractivity contribution in [1.29, 1.82) is 0 Å². The molecule has 2 rings (SSSR count). The van der Waals surface area contributed by atoms with Gasteiger partial charge in [-0.15, -0.1) is 0 Å². The zero-order chi connectivity index (χ0) is 15.3. The third-order valence-corrected chi connectivity index (χ3v) is 7.16. The van der Waals surface area contributed by atoms with E-state index in [2.05, 4.69) is 13.2 Å². The Morgan fingerprint density at radius 2 is 1.33 bits per heavy atom. The van der Waals surface area contributed by atoms with Crippen LogP contribution in [-0.4, -0.2) is 28.2 Å². The summed E-state index contributed by atoms with van der Waals surface area (Å²) >= 11 is 0. The van der Waals surface area contributed by atoms with Gasteiger partial charge in [-0.1, -0.05) is 73.8 Å². The largest absolute Gasteiger partial charge is 0.521 e. The molecular weight excluding hydrogens is 296 g/mol. The van der Waals surface area contributed by atoms with Crippen molar-refractivity contribution in [2.24, 2.45) is 0 Å². The molecule has 5 heteroatoms. The maximum atomic E-state index is 10.2. The van der Waals surface area contributed by atoms with Gasteiger partial charge in [0.05, 0.1) is 0 Å². The van der Waals surface area contributed by atoms with Gasteiger partial charge >= 0.3 is 8.80 Å². The fourth-order valence-corrected chi connectivity index (χ4v) is 5.00. The summed E-state index contributed by atoms with van der Waals surface area (Å²) in [6, 6.07) is 18.7. The smallest absolute Gasteiger partial charge is 0.414 e. The van der Waals surface area contributed by atoms with E-state index in [1.165, 1.54) is 0 Å². The summed E-state index contributed by atoms with van der Waals surface area (Å²) in [5.41, 5.74) is 1.66. The van der Waals surface area contributed by atoms with Crippen LogP contribution in [-0.2, 0) is 4.12 Å². The Labute approximate surface area is 128 Å². The van der Waals surface area contributed by atoms with Crippen LogP contribution in [0.4, 0.5) is 0 Å². The molecule has 0 unspecified atom stereocenters. The number of hydrogen-bond acceptors (Lipinski definition) is 3. The zero-order valence-corrected chi connectivity index (χ0v) is 14.1. The van der Waals surface area contributed by atoms with Crippen molar-refractivity contribution in [2.45, 2.75) is 0 Å². The van der Waals surface area contributed by atoms with Crippen molar-refractivity contribution in [2.75, 3.05) is 0 Å². The van der Waals surface area contributed by atoms with Crippen LogP contribution in [0, 0.1) is 0 Å². The molecule has 0 saturated heterocycles. The van der Waals surface area contributed by atoms with Crippen molar-refractivity contribution in [1.82, 2.24) is 0 Å². The van der Waals surface area contributed by atoms with E-state index in [0.29, 0.717) is 5.56 Å². The molecule has 0 aromatic heterocycles. The summed E-state index contributed by atoms with van der Waals surface area (Å²) in [6.45, 7) is 7.74. The van der Waals surface area contributed by atoms with Gasteiger partial charge in [-0.2, -0.15) is 0 Å². The lowest BCUT2D eigenvalue weighted by Gasteiger charge is -2.21. The highest BCUT2D eigenvalue weighted by atomic mass is 28.4. The molecule has 0 radical (unpaired) electrons. The van der Waals surface area contributed by atoms with Gasteiger partial charge in [-0.3, -0.25) is 0 Å². The topological polar surface area (TPSA) is 49.7 Å². The van der Waals surface area contributed by atoms with Crippen LogP contribution in [0.15, 0.2) is 73.8 Å². The van der Waals surface area contributed by atoms with Crippen molar-refractivity contribution >= 4 is 29.0 Å². The summed E-state index contributed by atoms with van der Waals surface area (Å²) in [6.07, 6.45) is 0. The van der Waals surface area contributed by atoms with E-state index >= 15 is 0 Å². The minimum absolute atomic E-state index is 0.261. The van der Waals surface area contributed by atoms with E-state index in [9.17, 15) is 9.59 Å². The summed E-state index contributed by atoms with van der Waals surface area (Å²) in [4.78, 5) is 20.4. The first kappa shape index (κ1) is 15.6. The molecule has 3 nitrogen and oxygen atoms in total. The second kappa shape index (κ2) is 6.79. The van der Waals surface area contributed by atoms with Gasteiger partial charge in [0.25, 0.3) is 0 Å². The van der Waals surface area contributed by atoms with Crippen molar-refractivity contribution in [3.8, 4) is 0 Å². The molecule has 2 aromatic rings. The van der Waals surface area contributed by atoms with Crippen molar-refractivity contribution < 1.29 is 13.7 Å². The lowest BCUT2D eigenvalue weighted by atomic mass is 10.2. The first-order valence-corrected chi connectivity index (χ1v) is 9.66. The molecule has 0 heterocycles. The quantitative estimate of drug-likeness (QED) is 0.801. The third kappa shape index (κ3) is 4.10. The van der Waals surface area contributed by atoms with E-state index in [0.717, 1.165) is 10.8 Å². The monoisotopic (exact) mass is 314 g/mol. The van der Waals surface area contributed by atoms with Crippen LogP contribution in [0.1, 0.15) is 11.1 Å². The first-order chi connectivity index (χ1) is 10.0. The van der Waals surface area contributed by atoms with Crippen LogP contribution >= 0.6 is 0 Å². The Balaban J connectivity index is 2.01. The first-order valence-electron chi connectivity index (χ1n) is 6.57. The predicted octanol–water partition coefficient (Wildman–Crippen LogP) is 1.93. The molecule has 0 amide bonds. The van der Waals surface area contributed by atoms with Crippen LogP contribution in [0.25, 0.3) is 10.4 Å². The predicted molar refractivity (Wildman–Crippen MR) is 90.8 cm³/mol. The summed E-state index contributed by atoms with van der Waals surface area (Å²) in [5, 5.41) is 1.09. The van der Waals surface area contributed by atoms with Crippen molar-refractivity contribution in [3.63, 3.8) is 0 Å². The molecule has 0 atom stereocenters. The van der Waals surface area contributed by atoms with Gasteiger partial charge in [0.2, 0.25) is 0 Å². The van der Waals surface area contributed by atoms with Crippen LogP contribution in [0.3, 0.4) is 0 Å². The highest BCUT2D eigenvalue weighted by molar-refractivity contribution is 6.83. The van der Waals surface area contributed by atoms with E-state index in [1.54, 1.807) is 12.1 Å². The fourth-order valence-electron chi connectivity index (χ4n) is 1.86. The van der Waals surface area contributed by atoms with Gasteiger partial charge in [0.1, 0.15) is 0 Å². The average molecular weight is 314 g/mol. The Morgan fingerprint density at radius 1 is 0.857 bits per heavy atom. The van der Waals surface area contributed by atoms with Crippen LogP contribution in [0.2, 0.25) is 0 Å². The molecule has 0 aliphatic carbocycles. The van der Waals surface area contributed by atoms with E-state index in [-0.39, 0.29) is 5.20 Å². The van der Waals surface area contributed by atoms with Crippen molar-refractivity contribution in [3.05, 3.63) is 84.9 Å². The molecule has 0 aliphatic rings. The molecule has 0 aliphatic heterocycles. The highest BCUT2D eigenvalue weighted by Gasteiger charge is 2.37. The van der Waals surface area contributed by atoms with Crippen LogP contribution in [0.5, 0.6) is 0 Å². The Bertz CT molecular complexity index is 624. The van der Waals surface area contributed by atoms with E-state index < -0.39 is 18.6 Å². The summed E-state index contributed by atoms with van der Waals surface area (Å²) in [7, 11) is -5.24. The SMILES string of the molecule is C=C([SiH2]O[Si](O)(O)C(=C)c1ccccc1)c1ccccc1. The Kier molecular flexibility index (Phi) is 5.05. The summed E-state index contributed by atoms with van der Waals surface area (Å²) < 4.78 is 5.45.